The van der Waals surface area contributed by atoms with E-state index in [4.69, 9.17) is 4.74 Å². The first kappa shape index (κ1) is 25.8. The van der Waals surface area contributed by atoms with E-state index in [-0.39, 0.29) is 29.7 Å². The number of halogens is 3. The number of allylic oxidation sites excluding steroid dienone is 2. The molecule has 0 saturated carbocycles. The minimum absolute atomic E-state index is 0.0218. The third-order valence-electron chi connectivity index (χ3n) is 6.05. The van der Waals surface area contributed by atoms with Crippen molar-refractivity contribution in [2.24, 2.45) is 0 Å². The third-order valence-corrected chi connectivity index (χ3v) is 6.05. The van der Waals surface area contributed by atoms with Crippen LogP contribution < -0.4 is 10.1 Å². The summed E-state index contributed by atoms with van der Waals surface area (Å²) in [7, 11) is 0. The number of ether oxygens (including phenoxy) is 1. The normalized spacial score (nSPS) is 15.2. The molecule has 2 heterocycles. The number of carbonyl (C=O) groups is 2. The Morgan fingerprint density at radius 2 is 1.82 bits per heavy atom. The van der Waals surface area contributed by atoms with Crippen molar-refractivity contribution in [3.8, 4) is 5.88 Å². The number of ketones is 1. The first-order valence-corrected chi connectivity index (χ1v) is 12.1. The van der Waals surface area contributed by atoms with E-state index in [1.165, 1.54) is 24.5 Å². The fourth-order valence-electron chi connectivity index (χ4n) is 4.03. The fourth-order valence-corrected chi connectivity index (χ4v) is 4.03. The highest BCUT2D eigenvalue weighted by atomic mass is 19.4. The summed E-state index contributed by atoms with van der Waals surface area (Å²) in [5, 5.41) is 2.69. The number of benzene rings is 2. The summed E-state index contributed by atoms with van der Waals surface area (Å²) < 4.78 is 44.1. The van der Waals surface area contributed by atoms with E-state index in [9.17, 15) is 22.8 Å². The monoisotopic (exact) mass is 533 g/mol. The second kappa shape index (κ2) is 10.9. The summed E-state index contributed by atoms with van der Waals surface area (Å²) in [6, 6.07) is 12.1. The molecule has 8 nitrogen and oxygen atoms in total. The van der Waals surface area contributed by atoms with Crippen molar-refractivity contribution < 1.29 is 27.5 Å². The van der Waals surface area contributed by atoms with E-state index in [0.29, 0.717) is 29.5 Å². The second-order valence-corrected chi connectivity index (χ2v) is 8.75. The molecular weight excluding hydrogens is 511 g/mol. The van der Waals surface area contributed by atoms with E-state index >= 15 is 0 Å². The lowest BCUT2D eigenvalue weighted by Gasteiger charge is -2.18. The lowest BCUT2D eigenvalue weighted by atomic mass is 10.0. The molecule has 11 heteroatoms. The van der Waals surface area contributed by atoms with E-state index in [2.05, 4.69) is 25.3 Å². The summed E-state index contributed by atoms with van der Waals surface area (Å²) >= 11 is 0. The number of aromatic nitrogens is 4. The van der Waals surface area contributed by atoms with Gasteiger partial charge in [0.15, 0.2) is 11.5 Å². The van der Waals surface area contributed by atoms with Gasteiger partial charge in [-0.1, -0.05) is 36.4 Å². The number of carbonyl (C=O) groups excluding carboxylic acids is 2. The average Bonchev–Trinajstić information content (AvgIpc) is 3.38. The molecule has 0 bridgehead atoms. The molecule has 2 aromatic carbocycles. The largest absolute Gasteiger partial charge is 0.468 e. The molecule has 1 aliphatic rings. The van der Waals surface area contributed by atoms with E-state index in [0.717, 1.165) is 17.6 Å². The van der Waals surface area contributed by atoms with Crippen molar-refractivity contribution in [2.45, 2.75) is 25.1 Å². The van der Waals surface area contributed by atoms with Crippen LogP contribution in [0.5, 0.6) is 5.88 Å². The number of aromatic amines is 1. The number of nitrogens with zero attached hydrogens (tertiary/aromatic N) is 3. The zero-order valence-corrected chi connectivity index (χ0v) is 20.4. The van der Waals surface area contributed by atoms with Crippen LogP contribution in [0.4, 0.5) is 13.2 Å². The molecule has 4 aromatic rings. The Kier molecular flexibility index (Phi) is 7.22. The van der Waals surface area contributed by atoms with Crippen LogP contribution >= 0.6 is 0 Å². The molecule has 0 aliphatic heterocycles. The minimum Gasteiger partial charge on any atom is -0.468 e. The van der Waals surface area contributed by atoms with Crippen LogP contribution in [-0.4, -0.2) is 44.3 Å². The second-order valence-electron chi connectivity index (χ2n) is 8.75. The Hall–Kier alpha value is -4.80. The maximum atomic E-state index is 12.9. The number of amides is 1. The summed E-state index contributed by atoms with van der Waals surface area (Å²) in [6.07, 6.45) is 3.66. The van der Waals surface area contributed by atoms with Gasteiger partial charge in [-0.15, -0.1) is 0 Å². The smallest absolute Gasteiger partial charge is 0.416 e. The quantitative estimate of drug-likeness (QED) is 0.313. The fraction of sp³-hybridized carbons (Fsp3) is 0.179. The molecule has 5 rings (SSSR count). The van der Waals surface area contributed by atoms with Crippen molar-refractivity contribution >= 4 is 22.7 Å². The zero-order valence-electron chi connectivity index (χ0n) is 20.4. The summed E-state index contributed by atoms with van der Waals surface area (Å²) in [6.45, 7) is 0.180. The predicted molar refractivity (Wildman–Crippen MR) is 136 cm³/mol. The van der Waals surface area contributed by atoms with E-state index in [1.54, 1.807) is 18.2 Å². The van der Waals surface area contributed by atoms with Gasteiger partial charge in [-0.3, -0.25) is 9.59 Å². The van der Waals surface area contributed by atoms with Crippen LogP contribution in [0.25, 0.3) is 11.0 Å². The number of hydrogen-bond acceptors (Lipinski definition) is 6. The van der Waals surface area contributed by atoms with Crippen LogP contribution in [0.1, 0.15) is 38.7 Å². The number of para-hydroxylation sites is 2. The molecule has 2 N–H and O–H groups in total. The number of fused-ring (bicyclic) bond motifs is 1. The van der Waals surface area contributed by atoms with Crippen molar-refractivity contribution in [3.05, 3.63) is 107 Å². The maximum Gasteiger partial charge on any atom is 0.416 e. The molecular formula is C28H22F3N5O3. The zero-order chi connectivity index (χ0) is 27.4. The van der Waals surface area contributed by atoms with Gasteiger partial charge in [0.25, 0.3) is 5.91 Å². The molecule has 0 fully saturated rings. The van der Waals surface area contributed by atoms with Gasteiger partial charge in [-0.25, -0.2) is 15.0 Å². The van der Waals surface area contributed by atoms with Crippen LogP contribution in [-0.2, 0) is 12.6 Å². The number of alkyl halides is 3. The van der Waals surface area contributed by atoms with Gasteiger partial charge >= 0.3 is 6.18 Å². The molecule has 0 radical (unpaired) electrons. The molecule has 39 heavy (non-hydrogen) atoms. The van der Waals surface area contributed by atoms with E-state index < -0.39 is 23.8 Å². The summed E-state index contributed by atoms with van der Waals surface area (Å²) in [5.41, 5.74) is 1.84. The van der Waals surface area contributed by atoms with Crippen LogP contribution in [0.15, 0.2) is 84.7 Å². The number of H-pyrrole nitrogens is 1. The Balaban J connectivity index is 1.17. The highest BCUT2D eigenvalue weighted by molar-refractivity contribution is 6.09. The topological polar surface area (TPSA) is 110 Å². The lowest BCUT2D eigenvalue weighted by Crippen LogP contribution is -2.28. The summed E-state index contributed by atoms with van der Waals surface area (Å²) in [5.74, 6) is -0.495. The molecule has 1 aliphatic carbocycles. The van der Waals surface area contributed by atoms with E-state index in [1.807, 2.05) is 24.3 Å². The maximum absolute atomic E-state index is 12.9. The van der Waals surface area contributed by atoms with Crippen molar-refractivity contribution in [2.75, 3.05) is 6.54 Å². The number of Topliss-reactive ketones (excluding diaryl/α,β-unsaturated/α-hetero) is 1. The highest BCUT2D eigenvalue weighted by Crippen LogP contribution is 2.29. The van der Waals surface area contributed by atoms with Gasteiger partial charge in [0.2, 0.25) is 11.7 Å². The molecule has 198 valence electrons. The Bertz CT molecular complexity index is 1540. The number of nitrogens with one attached hydrogen (secondary N) is 2. The van der Waals surface area contributed by atoms with Crippen molar-refractivity contribution in [1.82, 2.24) is 25.3 Å². The Labute approximate surface area is 220 Å². The SMILES string of the molecule is O=C(C1=CCC(Oc2nccnc2C(=O)NCCc2ccc(C(F)(F)F)cc2)C=C1)c1nc2ccccc2[nH]1. The number of hydrogen-bond donors (Lipinski definition) is 2. The van der Waals surface area contributed by atoms with Crippen LogP contribution in [0, 0.1) is 0 Å². The summed E-state index contributed by atoms with van der Waals surface area (Å²) in [4.78, 5) is 41.2. The van der Waals surface area contributed by atoms with Gasteiger partial charge in [0, 0.05) is 30.9 Å². The molecule has 1 amide bonds. The molecule has 2 aromatic heterocycles. The van der Waals surface area contributed by atoms with Gasteiger partial charge in [-0.2, -0.15) is 13.2 Å². The Morgan fingerprint density at radius 1 is 1.05 bits per heavy atom. The first-order chi connectivity index (χ1) is 18.8. The van der Waals surface area contributed by atoms with Crippen molar-refractivity contribution in [3.63, 3.8) is 0 Å². The number of rotatable bonds is 8. The van der Waals surface area contributed by atoms with Gasteiger partial charge in [-0.05, 0) is 42.3 Å². The van der Waals surface area contributed by atoms with Gasteiger partial charge in [0.1, 0.15) is 6.10 Å². The van der Waals surface area contributed by atoms with Crippen LogP contribution in [0.3, 0.4) is 0 Å². The van der Waals surface area contributed by atoms with Crippen molar-refractivity contribution in [1.29, 1.82) is 0 Å². The number of imidazole rings is 1. The molecule has 1 unspecified atom stereocenters. The highest BCUT2D eigenvalue weighted by Gasteiger charge is 2.30. The lowest BCUT2D eigenvalue weighted by molar-refractivity contribution is -0.137. The third kappa shape index (κ3) is 6.03. The molecule has 0 saturated heterocycles. The van der Waals surface area contributed by atoms with Crippen LogP contribution in [0.2, 0.25) is 0 Å². The Morgan fingerprint density at radius 3 is 2.54 bits per heavy atom. The molecule has 1 atom stereocenters. The first-order valence-electron chi connectivity index (χ1n) is 12.1. The molecule has 0 spiro atoms. The van der Waals surface area contributed by atoms with Gasteiger partial charge in [0.05, 0.1) is 16.6 Å². The average molecular weight is 534 g/mol. The predicted octanol–water partition coefficient (Wildman–Crippen LogP) is 4.86. The minimum atomic E-state index is -4.40. The standard InChI is InChI=1S/C28H22F3N5O3/c29-28(30,31)19-9-5-17(6-10-19)13-14-33-26(38)23-27(34-16-15-32-23)39-20-11-7-18(8-12-20)24(37)25-35-21-3-1-2-4-22(21)36-25/h1-11,15-16,20H,12-14H2,(H,33,38)(H,35,36). The van der Waals surface area contributed by atoms with Gasteiger partial charge < -0.3 is 15.0 Å².